The van der Waals surface area contributed by atoms with Gasteiger partial charge in [0.2, 0.25) is 17.6 Å². The molecule has 1 N–H and O–H groups in total. The molecule has 0 aliphatic carbocycles. The van der Waals surface area contributed by atoms with Crippen molar-refractivity contribution in [3.05, 3.63) is 53.7 Å². The molecular weight excluding hydrogens is 412 g/mol. The summed E-state index contributed by atoms with van der Waals surface area (Å²) in [5.74, 6) is 0.141. The van der Waals surface area contributed by atoms with Crippen molar-refractivity contribution in [2.45, 2.75) is 23.6 Å². The van der Waals surface area contributed by atoms with Gasteiger partial charge in [-0.1, -0.05) is 41.6 Å². The molecule has 1 aliphatic rings. The highest BCUT2D eigenvalue weighted by molar-refractivity contribution is 7.91. The molecule has 3 aromatic rings. The van der Waals surface area contributed by atoms with Crippen molar-refractivity contribution in [3.8, 4) is 11.4 Å². The number of carbonyl (C=O) groups is 1. The molecule has 1 aliphatic heterocycles. The summed E-state index contributed by atoms with van der Waals surface area (Å²) in [6.07, 6.45) is 1.28. The highest BCUT2D eigenvalue weighted by Gasteiger charge is 2.33. The second kappa shape index (κ2) is 8.44. The molecule has 3 heterocycles. The zero-order valence-corrected chi connectivity index (χ0v) is 17.2. The van der Waals surface area contributed by atoms with Crippen LogP contribution in [0, 0.1) is 5.92 Å². The minimum absolute atomic E-state index is 0.104. The predicted octanol–water partition coefficient (Wildman–Crippen LogP) is 2.52. The number of piperidine rings is 1. The van der Waals surface area contributed by atoms with Crippen LogP contribution in [0.25, 0.3) is 11.4 Å². The van der Waals surface area contributed by atoms with Gasteiger partial charge in [-0.05, 0) is 24.3 Å². The number of rotatable bonds is 6. The van der Waals surface area contributed by atoms with Crippen molar-refractivity contribution in [1.82, 2.24) is 19.8 Å². The normalized spacial score (nSPS) is 17.9. The van der Waals surface area contributed by atoms with Crippen LogP contribution in [-0.4, -0.2) is 41.9 Å². The van der Waals surface area contributed by atoms with E-state index in [1.54, 1.807) is 17.5 Å². The maximum atomic E-state index is 12.7. The molecule has 0 saturated carbocycles. The summed E-state index contributed by atoms with van der Waals surface area (Å²) < 4.78 is 32.3. The van der Waals surface area contributed by atoms with Crippen LogP contribution in [0.3, 0.4) is 0 Å². The van der Waals surface area contributed by atoms with Gasteiger partial charge in [0.15, 0.2) is 0 Å². The summed E-state index contributed by atoms with van der Waals surface area (Å²) in [5.41, 5.74) is 0.829. The molecule has 0 radical (unpaired) electrons. The first-order chi connectivity index (χ1) is 14.0. The Hall–Kier alpha value is -2.56. The Morgan fingerprint density at radius 2 is 2.07 bits per heavy atom. The minimum Gasteiger partial charge on any atom is -0.347 e. The molecule has 1 fully saturated rings. The lowest BCUT2D eigenvalue weighted by Crippen LogP contribution is -2.45. The predicted molar refractivity (Wildman–Crippen MR) is 107 cm³/mol. The average molecular weight is 433 g/mol. The van der Waals surface area contributed by atoms with E-state index in [0.717, 1.165) is 5.56 Å². The van der Waals surface area contributed by atoms with Gasteiger partial charge < -0.3 is 9.84 Å². The first-order valence-electron chi connectivity index (χ1n) is 9.23. The van der Waals surface area contributed by atoms with Gasteiger partial charge in [0, 0.05) is 18.7 Å². The molecule has 0 unspecified atom stereocenters. The Kier molecular flexibility index (Phi) is 5.74. The smallest absolute Gasteiger partial charge is 0.252 e. The van der Waals surface area contributed by atoms with E-state index in [2.05, 4.69) is 15.5 Å². The monoisotopic (exact) mass is 432 g/mol. The summed E-state index contributed by atoms with van der Waals surface area (Å²) in [4.78, 5) is 16.9. The molecule has 4 rings (SSSR count). The fraction of sp³-hybridized carbons (Fsp3) is 0.316. The zero-order valence-electron chi connectivity index (χ0n) is 15.5. The summed E-state index contributed by atoms with van der Waals surface area (Å²) in [7, 11) is -3.55. The fourth-order valence-corrected chi connectivity index (χ4v) is 5.92. The van der Waals surface area contributed by atoms with Gasteiger partial charge in [-0.3, -0.25) is 4.79 Å². The maximum Gasteiger partial charge on any atom is 0.252 e. The van der Waals surface area contributed by atoms with Crippen LogP contribution >= 0.6 is 11.3 Å². The van der Waals surface area contributed by atoms with Crippen LogP contribution < -0.4 is 5.32 Å². The van der Waals surface area contributed by atoms with E-state index in [1.807, 2.05) is 30.3 Å². The number of hydrogen-bond acceptors (Lipinski definition) is 7. The highest BCUT2D eigenvalue weighted by Crippen LogP contribution is 2.26. The van der Waals surface area contributed by atoms with E-state index >= 15 is 0 Å². The van der Waals surface area contributed by atoms with E-state index in [0.29, 0.717) is 35.3 Å². The van der Waals surface area contributed by atoms with Crippen LogP contribution in [0.15, 0.2) is 56.6 Å². The summed E-state index contributed by atoms with van der Waals surface area (Å²) in [6.45, 7) is 0.701. The average Bonchev–Trinajstić information content (AvgIpc) is 3.45. The SMILES string of the molecule is O=C(NCc1nc(-c2ccccc2)no1)[C@H]1CCCN(S(=O)(=O)c2cccs2)C1. The van der Waals surface area contributed by atoms with Crippen molar-refractivity contribution in [2.75, 3.05) is 13.1 Å². The Balaban J connectivity index is 1.36. The Bertz CT molecular complexity index is 1060. The first kappa shape index (κ1) is 19.7. The number of thiophene rings is 1. The van der Waals surface area contributed by atoms with Gasteiger partial charge in [0.05, 0.1) is 12.5 Å². The Morgan fingerprint density at radius 3 is 2.83 bits per heavy atom. The zero-order chi connectivity index (χ0) is 20.3. The standard InChI is InChI=1S/C19H20N4O4S2/c24-19(20-12-16-21-18(22-27-16)14-6-2-1-3-7-14)15-8-4-10-23(13-15)29(25,26)17-9-5-11-28-17/h1-3,5-7,9,11,15H,4,8,10,12-13H2,(H,20,24)/t15-/m0/s1. The molecule has 0 spiro atoms. The molecule has 10 heteroatoms. The van der Waals surface area contributed by atoms with Crippen molar-refractivity contribution in [3.63, 3.8) is 0 Å². The summed E-state index contributed by atoms with van der Waals surface area (Å²) in [5, 5.41) is 8.44. The largest absolute Gasteiger partial charge is 0.347 e. The molecule has 8 nitrogen and oxygen atoms in total. The summed E-state index contributed by atoms with van der Waals surface area (Å²) in [6, 6.07) is 12.7. The number of nitrogens with zero attached hydrogens (tertiary/aromatic N) is 3. The minimum atomic E-state index is -3.55. The van der Waals surface area contributed by atoms with E-state index in [-0.39, 0.29) is 19.0 Å². The van der Waals surface area contributed by atoms with Gasteiger partial charge in [-0.15, -0.1) is 11.3 Å². The number of aromatic nitrogens is 2. The van der Waals surface area contributed by atoms with Crippen LogP contribution in [0.1, 0.15) is 18.7 Å². The van der Waals surface area contributed by atoms with Crippen molar-refractivity contribution >= 4 is 27.3 Å². The third-order valence-corrected chi connectivity index (χ3v) is 8.00. The third kappa shape index (κ3) is 4.39. The molecule has 1 saturated heterocycles. The van der Waals surface area contributed by atoms with Gasteiger partial charge in [0.1, 0.15) is 4.21 Å². The number of nitrogens with one attached hydrogen (secondary N) is 1. The van der Waals surface area contributed by atoms with Crippen molar-refractivity contribution < 1.29 is 17.7 Å². The molecule has 1 atom stereocenters. The molecule has 1 amide bonds. The third-order valence-electron chi connectivity index (χ3n) is 4.76. The van der Waals surface area contributed by atoms with Crippen molar-refractivity contribution in [1.29, 1.82) is 0 Å². The van der Waals surface area contributed by atoms with E-state index in [4.69, 9.17) is 4.52 Å². The lowest BCUT2D eigenvalue weighted by molar-refractivity contribution is -0.126. The number of benzene rings is 1. The van der Waals surface area contributed by atoms with E-state index in [9.17, 15) is 13.2 Å². The number of sulfonamides is 1. The molecule has 29 heavy (non-hydrogen) atoms. The van der Waals surface area contributed by atoms with Gasteiger partial charge in [-0.25, -0.2) is 8.42 Å². The van der Waals surface area contributed by atoms with Crippen LogP contribution in [0.4, 0.5) is 0 Å². The highest BCUT2D eigenvalue weighted by atomic mass is 32.2. The molecule has 1 aromatic carbocycles. The second-order valence-corrected chi connectivity index (χ2v) is 9.84. The second-order valence-electron chi connectivity index (χ2n) is 6.73. The van der Waals surface area contributed by atoms with Gasteiger partial charge in [-0.2, -0.15) is 9.29 Å². The van der Waals surface area contributed by atoms with Gasteiger partial charge >= 0.3 is 0 Å². The lowest BCUT2D eigenvalue weighted by atomic mass is 9.99. The molecule has 0 bridgehead atoms. The maximum absolute atomic E-state index is 12.7. The van der Waals surface area contributed by atoms with Gasteiger partial charge in [0.25, 0.3) is 10.0 Å². The molecule has 2 aromatic heterocycles. The number of hydrogen-bond donors (Lipinski definition) is 1. The van der Waals surface area contributed by atoms with E-state index < -0.39 is 15.9 Å². The summed E-state index contributed by atoms with van der Waals surface area (Å²) >= 11 is 1.18. The van der Waals surface area contributed by atoms with Crippen LogP contribution in [0.5, 0.6) is 0 Å². The Labute approximate surface area is 172 Å². The van der Waals surface area contributed by atoms with Crippen LogP contribution in [0.2, 0.25) is 0 Å². The van der Waals surface area contributed by atoms with Crippen LogP contribution in [-0.2, 0) is 21.4 Å². The lowest BCUT2D eigenvalue weighted by Gasteiger charge is -2.30. The molecular formula is C19H20N4O4S2. The Morgan fingerprint density at radius 1 is 1.24 bits per heavy atom. The topological polar surface area (TPSA) is 105 Å². The number of amides is 1. The number of carbonyl (C=O) groups excluding carboxylic acids is 1. The quantitative estimate of drug-likeness (QED) is 0.642. The van der Waals surface area contributed by atoms with E-state index in [1.165, 1.54) is 15.6 Å². The first-order valence-corrected chi connectivity index (χ1v) is 11.6. The van der Waals surface area contributed by atoms with Crippen molar-refractivity contribution in [2.24, 2.45) is 5.92 Å². The fourth-order valence-electron chi connectivity index (χ4n) is 3.25. The molecule has 152 valence electrons.